The summed E-state index contributed by atoms with van der Waals surface area (Å²) in [5, 5.41) is 5.49. The minimum atomic E-state index is -1.48. The summed E-state index contributed by atoms with van der Waals surface area (Å²) in [5.41, 5.74) is 6.70. The van der Waals surface area contributed by atoms with E-state index in [0.29, 0.717) is 5.84 Å². The second kappa shape index (κ2) is 8.24. The number of hydrazine groups is 1. The summed E-state index contributed by atoms with van der Waals surface area (Å²) >= 11 is 0. The number of nitrogens with one attached hydrogen (secondary N) is 4. The Morgan fingerprint density at radius 2 is 2.00 bits per heavy atom. The number of alkyl halides is 1. The third-order valence-corrected chi connectivity index (χ3v) is 5.22. The Bertz CT molecular complexity index is 792. The molecule has 28 heavy (non-hydrogen) atoms. The number of halogens is 2. The van der Waals surface area contributed by atoms with E-state index in [1.807, 2.05) is 0 Å². The molecule has 150 valence electrons. The first-order valence-corrected chi connectivity index (χ1v) is 9.47. The second-order valence-electron chi connectivity index (χ2n) is 7.15. The van der Waals surface area contributed by atoms with Gasteiger partial charge >= 0.3 is 6.03 Å². The fourth-order valence-electron chi connectivity index (χ4n) is 3.70. The predicted octanol–water partition coefficient (Wildman–Crippen LogP) is 2.19. The lowest BCUT2D eigenvalue weighted by Gasteiger charge is -2.29. The molecule has 2 heterocycles. The summed E-state index contributed by atoms with van der Waals surface area (Å²) in [6, 6.07) is 5.62. The van der Waals surface area contributed by atoms with Crippen molar-refractivity contribution in [3.05, 3.63) is 47.4 Å². The maximum absolute atomic E-state index is 14.2. The van der Waals surface area contributed by atoms with E-state index in [9.17, 15) is 13.6 Å². The largest absolute Gasteiger partial charge is 0.375 e. The molecule has 2 amide bonds. The second-order valence-corrected chi connectivity index (χ2v) is 7.15. The van der Waals surface area contributed by atoms with E-state index in [-0.39, 0.29) is 36.5 Å². The maximum Gasteiger partial charge on any atom is 0.321 e. The van der Waals surface area contributed by atoms with E-state index < -0.39 is 12.0 Å². The smallest absolute Gasteiger partial charge is 0.321 e. The normalized spacial score (nSPS) is 29.4. The summed E-state index contributed by atoms with van der Waals surface area (Å²) < 4.78 is 33.6. The van der Waals surface area contributed by atoms with Gasteiger partial charge < -0.3 is 15.5 Å². The number of aliphatic imine (C=N–C) groups is 1. The molecule has 4 N–H and O–H groups in total. The number of amidine groups is 1. The van der Waals surface area contributed by atoms with Crippen LogP contribution in [0.15, 0.2) is 41.0 Å². The van der Waals surface area contributed by atoms with Crippen molar-refractivity contribution in [1.82, 2.24) is 21.5 Å². The molecule has 0 spiro atoms. The lowest BCUT2D eigenvalue weighted by atomic mass is 9.93. The molecule has 0 radical (unpaired) electrons. The average molecular weight is 391 g/mol. The van der Waals surface area contributed by atoms with Gasteiger partial charge in [-0.1, -0.05) is 18.2 Å². The van der Waals surface area contributed by atoms with Gasteiger partial charge in [0.2, 0.25) is 0 Å². The van der Waals surface area contributed by atoms with Crippen molar-refractivity contribution < 1.29 is 18.3 Å². The molecule has 1 aromatic rings. The number of hydrogen-bond donors (Lipinski definition) is 4. The Morgan fingerprint density at radius 3 is 2.79 bits per heavy atom. The number of benzene rings is 1. The summed E-state index contributed by atoms with van der Waals surface area (Å²) in [6.45, 7) is -0.154. The predicted molar refractivity (Wildman–Crippen MR) is 99.5 cm³/mol. The van der Waals surface area contributed by atoms with E-state index in [1.165, 1.54) is 18.2 Å². The first-order valence-electron chi connectivity index (χ1n) is 9.47. The zero-order valence-electron chi connectivity index (χ0n) is 15.3. The highest BCUT2D eigenvalue weighted by atomic mass is 19.1. The highest BCUT2D eigenvalue weighted by molar-refractivity contribution is 6.11. The third kappa shape index (κ3) is 4.15. The minimum absolute atomic E-state index is 0.0332. The standard InChI is InChI=1S/C19H23F2N5O2/c20-15-4-2-1-3-13(15)16(21)10-28-12-7-5-11(6-8-12)23-17-14-9-22-26-18(14)25-19(27)24-17/h1-4,9,11-12,16,18,22,26H,5-8,10H2,(H2,23,24,25,27). The van der Waals surface area contributed by atoms with Crippen molar-refractivity contribution in [2.45, 2.75) is 50.2 Å². The number of ether oxygens (including phenoxy) is 1. The minimum Gasteiger partial charge on any atom is -0.375 e. The van der Waals surface area contributed by atoms with Crippen LogP contribution in [-0.2, 0) is 4.74 Å². The van der Waals surface area contributed by atoms with Crippen LogP contribution in [0.25, 0.3) is 0 Å². The number of nitrogens with zero attached hydrogens (tertiary/aromatic N) is 1. The summed E-state index contributed by atoms with van der Waals surface area (Å²) in [6.07, 6.45) is 3.01. The molecule has 9 heteroatoms. The Kier molecular flexibility index (Phi) is 5.54. The van der Waals surface area contributed by atoms with Crippen molar-refractivity contribution in [3.63, 3.8) is 0 Å². The monoisotopic (exact) mass is 391 g/mol. The quantitative estimate of drug-likeness (QED) is 0.620. The molecule has 1 aliphatic carbocycles. The molecule has 1 aromatic carbocycles. The number of carbonyl (C=O) groups is 1. The Hall–Kier alpha value is -2.52. The number of fused-ring (bicyclic) bond motifs is 1. The lowest BCUT2D eigenvalue weighted by Crippen LogP contribution is -2.58. The van der Waals surface area contributed by atoms with Crippen molar-refractivity contribution in [2.75, 3.05) is 6.61 Å². The van der Waals surface area contributed by atoms with Crippen LogP contribution in [0.5, 0.6) is 0 Å². The van der Waals surface area contributed by atoms with Gasteiger partial charge in [-0.05, 0) is 31.7 Å². The van der Waals surface area contributed by atoms with Crippen molar-refractivity contribution in [2.24, 2.45) is 4.99 Å². The number of carbonyl (C=O) groups excluding carboxylic acids is 1. The summed E-state index contributed by atoms with van der Waals surface area (Å²) in [4.78, 5) is 16.4. The van der Waals surface area contributed by atoms with Gasteiger partial charge in [-0.25, -0.2) is 19.0 Å². The molecule has 2 fully saturated rings. The topological polar surface area (TPSA) is 86.8 Å². The number of rotatable bonds is 5. The summed E-state index contributed by atoms with van der Waals surface area (Å²) in [5.74, 6) is 0.0182. The van der Waals surface area contributed by atoms with Gasteiger partial charge in [-0.15, -0.1) is 0 Å². The van der Waals surface area contributed by atoms with Gasteiger partial charge in [0, 0.05) is 11.8 Å². The fraction of sp³-hybridized carbons (Fsp3) is 0.474. The Labute approximate surface area is 161 Å². The first-order chi connectivity index (χ1) is 13.6. The molecule has 2 unspecified atom stereocenters. The number of amides is 2. The highest BCUT2D eigenvalue weighted by Crippen LogP contribution is 2.27. The molecular formula is C19H23F2N5O2. The van der Waals surface area contributed by atoms with Crippen LogP contribution in [0.1, 0.15) is 37.4 Å². The SMILES string of the molecule is O=C1NC(=NC2CCC(OCC(F)c3ccccc3F)CC2)C2=CNNC2N1. The molecular weight excluding hydrogens is 368 g/mol. The van der Waals surface area contributed by atoms with Crippen molar-refractivity contribution in [3.8, 4) is 0 Å². The molecule has 0 aromatic heterocycles. The van der Waals surface area contributed by atoms with Crippen LogP contribution in [0.2, 0.25) is 0 Å². The van der Waals surface area contributed by atoms with Gasteiger partial charge in [0.05, 0.1) is 24.3 Å². The molecule has 3 aliphatic rings. The molecule has 4 rings (SSSR count). The van der Waals surface area contributed by atoms with Crippen LogP contribution in [0.3, 0.4) is 0 Å². The van der Waals surface area contributed by atoms with Crippen molar-refractivity contribution >= 4 is 11.9 Å². The third-order valence-electron chi connectivity index (χ3n) is 5.22. The van der Waals surface area contributed by atoms with Gasteiger partial charge in [0.15, 0.2) is 6.17 Å². The van der Waals surface area contributed by atoms with E-state index in [0.717, 1.165) is 31.3 Å². The fourth-order valence-corrected chi connectivity index (χ4v) is 3.70. The van der Waals surface area contributed by atoms with E-state index in [1.54, 1.807) is 12.3 Å². The average Bonchev–Trinajstić information content (AvgIpc) is 3.16. The zero-order valence-corrected chi connectivity index (χ0v) is 15.3. The van der Waals surface area contributed by atoms with Crippen LogP contribution in [-0.4, -0.2) is 36.8 Å². The number of urea groups is 1. The molecule has 7 nitrogen and oxygen atoms in total. The van der Waals surface area contributed by atoms with E-state index in [2.05, 4.69) is 21.5 Å². The van der Waals surface area contributed by atoms with Gasteiger partial charge in [0.25, 0.3) is 0 Å². The van der Waals surface area contributed by atoms with Gasteiger partial charge in [-0.3, -0.25) is 10.3 Å². The van der Waals surface area contributed by atoms with Gasteiger partial charge in [0.1, 0.15) is 17.8 Å². The molecule has 2 atom stereocenters. The Morgan fingerprint density at radius 1 is 1.21 bits per heavy atom. The molecule has 2 aliphatic heterocycles. The summed E-state index contributed by atoms with van der Waals surface area (Å²) in [7, 11) is 0. The first kappa shape index (κ1) is 18.8. The van der Waals surface area contributed by atoms with Crippen LogP contribution in [0, 0.1) is 5.82 Å². The van der Waals surface area contributed by atoms with Crippen molar-refractivity contribution in [1.29, 1.82) is 0 Å². The molecule has 0 bridgehead atoms. The lowest BCUT2D eigenvalue weighted by molar-refractivity contribution is -0.00394. The zero-order chi connectivity index (χ0) is 19.5. The maximum atomic E-state index is 14.2. The highest BCUT2D eigenvalue weighted by Gasteiger charge is 2.32. The van der Waals surface area contributed by atoms with E-state index in [4.69, 9.17) is 9.73 Å². The molecule has 1 saturated carbocycles. The van der Waals surface area contributed by atoms with E-state index >= 15 is 0 Å². The van der Waals surface area contributed by atoms with Crippen LogP contribution in [0.4, 0.5) is 13.6 Å². The molecule has 1 saturated heterocycles. The van der Waals surface area contributed by atoms with Crippen LogP contribution >= 0.6 is 0 Å². The number of hydrogen-bond acceptors (Lipinski definition) is 5. The van der Waals surface area contributed by atoms with Gasteiger partial charge in [-0.2, -0.15) is 0 Å². The van der Waals surface area contributed by atoms with Crippen LogP contribution < -0.4 is 21.5 Å². The Balaban J connectivity index is 1.28.